The van der Waals surface area contributed by atoms with Gasteiger partial charge < -0.3 is 14.9 Å². The molecule has 0 bridgehead atoms. The lowest BCUT2D eigenvalue weighted by molar-refractivity contribution is -0.120. The van der Waals surface area contributed by atoms with E-state index in [1.807, 2.05) is 23.9 Å². The summed E-state index contributed by atoms with van der Waals surface area (Å²) in [5.41, 5.74) is 0.792. The number of fused-ring (bicyclic) bond motifs is 1. The first-order valence-corrected chi connectivity index (χ1v) is 11.9. The van der Waals surface area contributed by atoms with Gasteiger partial charge in [0.15, 0.2) is 10.8 Å². The largest absolute Gasteiger partial charge is 0.477 e. The number of aromatic nitrogens is 5. The Morgan fingerprint density at radius 2 is 1.92 bits per heavy atom. The molecule has 4 aromatic rings. The van der Waals surface area contributed by atoms with E-state index in [0.29, 0.717) is 35.2 Å². The summed E-state index contributed by atoms with van der Waals surface area (Å²) in [5.74, 6) is -0.955. The highest BCUT2D eigenvalue weighted by Crippen LogP contribution is 2.29. The minimum Gasteiger partial charge on any atom is -0.477 e. The van der Waals surface area contributed by atoms with Crippen LogP contribution in [0.4, 0.5) is 17.5 Å². The Kier molecular flexibility index (Phi) is 5.84. The van der Waals surface area contributed by atoms with Gasteiger partial charge in [0.25, 0.3) is 0 Å². The van der Waals surface area contributed by atoms with Crippen LogP contribution < -0.4 is 20.5 Å². The lowest BCUT2D eigenvalue weighted by atomic mass is 9.98. The second-order valence-electron chi connectivity index (χ2n) is 8.61. The molecule has 1 fully saturated rings. The fourth-order valence-corrected chi connectivity index (χ4v) is 4.55. The van der Waals surface area contributed by atoms with Crippen LogP contribution >= 0.6 is 11.3 Å². The molecular weight excluding hydrogens is 484 g/mol. The highest BCUT2D eigenvalue weighted by molar-refractivity contribution is 7.12. The molecular formula is C23H22N8O4S. The van der Waals surface area contributed by atoms with Crippen LogP contribution in [0, 0.1) is 12.8 Å². The molecule has 0 spiro atoms. The molecule has 0 aromatic carbocycles. The first kappa shape index (κ1) is 23.4. The second kappa shape index (κ2) is 9.00. The number of carbonyl (C=O) groups is 2. The van der Waals surface area contributed by atoms with Crippen LogP contribution in [0.2, 0.25) is 0 Å². The smallest absolute Gasteiger partial charge is 0.341 e. The van der Waals surface area contributed by atoms with E-state index in [-0.39, 0.29) is 28.7 Å². The second-order valence-corrected chi connectivity index (χ2v) is 9.48. The van der Waals surface area contributed by atoms with Crippen molar-refractivity contribution in [2.75, 3.05) is 42.3 Å². The van der Waals surface area contributed by atoms with Gasteiger partial charge in [-0.25, -0.2) is 24.7 Å². The molecule has 1 amide bonds. The van der Waals surface area contributed by atoms with Gasteiger partial charge in [0.05, 0.1) is 29.4 Å². The molecule has 0 unspecified atom stereocenters. The Bertz CT molecular complexity index is 1530. The van der Waals surface area contributed by atoms with Crippen LogP contribution in [-0.4, -0.2) is 68.7 Å². The molecule has 0 atom stereocenters. The summed E-state index contributed by atoms with van der Waals surface area (Å²) in [6.45, 7) is 2.59. The van der Waals surface area contributed by atoms with Gasteiger partial charge >= 0.3 is 5.97 Å². The molecule has 0 radical (unpaired) electrons. The zero-order chi connectivity index (χ0) is 25.6. The summed E-state index contributed by atoms with van der Waals surface area (Å²) in [5, 5.41) is 14.8. The first-order valence-electron chi connectivity index (χ1n) is 11.0. The molecule has 0 saturated carbocycles. The third kappa shape index (κ3) is 4.13. The molecule has 13 heteroatoms. The Morgan fingerprint density at radius 1 is 1.19 bits per heavy atom. The third-order valence-corrected chi connectivity index (χ3v) is 6.73. The number of carboxylic acids is 1. The lowest BCUT2D eigenvalue weighted by Gasteiger charge is -2.39. The number of rotatable bonds is 6. The van der Waals surface area contributed by atoms with Crippen molar-refractivity contribution in [1.82, 2.24) is 24.5 Å². The first-order chi connectivity index (χ1) is 17.2. The maximum Gasteiger partial charge on any atom is 0.341 e. The maximum atomic E-state index is 12.9. The molecule has 184 valence electrons. The Balaban J connectivity index is 1.40. The standard InChI is InChI=1S/C23H22N8O4S/c1-12-6-16(30-9-13(10-30)20(33)28-22-25-7-14(8-26-22)29(2)3)27-19-17(12)18(32)15(21(34)35)11-31(19)23-24-4-5-36-23/h4-8,11,13H,9-10H2,1-3H3,(H,34,35)(H,25,26,28,33). The molecule has 2 N–H and O–H groups in total. The summed E-state index contributed by atoms with van der Waals surface area (Å²) < 4.78 is 1.53. The summed E-state index contributed by atoms with van der Waals surface area (Å²) >= 11 is 1.30. The number of hydrogen-bond donors (Lipinski definition) is 2. The summed E-state index contributed by atoms with van der Waals surface area (Å²) in [6.07, 6.45) is 6.12. The normalized spacial score (nSPS) is 13.5. The van der Waals surface area contributed by atoms with Gasteiger partial charge in [-0.15, -0.1) is 11.3 Å². The Hall–Kier alpha value is -4.39. The molecule has 4 aromatic heterocycles. The number of carboxylic acid groups (broad SMARTS) is 1. The molecule has 0 aliphatic carbocycles. The van der Waals surface area contributed by atoms with E-state index < -0.39 is 11.4 Å². The van der Waals surface area contributed by atoms with Crippen molar-refractivity contribution >= 4 is 51.7 Å². The predicted molar refractivity (Wildman–Crippen MR) is 135 cm³/mol. The SMILES string of the molecule is Cc1cc(N2CC(C(=O)Nc3ncc(N(C)C)cn3)C2)nc2c1c(=O)c(C(=O)O)cn2-c1nccs1. The lowest BCUT2D eigenvalue weighted by Crippen LogP contribution is -2.52. The molecule has 5 heterocycles. The number of thiazole rings is 1. The average Bonchev–Trinajstić information content (AvgIpc) is 3.33. The number of pyridine rings is 2. The van der Waals surface area contributed by atoms with Gasteiger partial charge in [0, 0.05) is 45.0 Å². The number of carbonyl (C=O) groups excluding carboxylic acids is 1. The van der Waals surface area contributed by atoms with Crippen molar-refractivity contribution in [3.05, 3.63) is 57.6 Å². The highest BCUT2D eigenvalue weighted by atomic mass is 32.1. The Labute approximate surface area is 208 Å². The number of aromatic carboxylic acids is 1. The van der Waals surface area contributed by atoms with Gasteiger partial charge in [-0.2, -0.15) is 0 Å². The van der Waals surface area contributed by atoms with Crippen LogP contribution in [-0.2, 0) is 4.79 Å². The zero-order valence-electron chi connectivity index (χ0n) is 19.7. The fourth-order valence-electron chi connectivity index (χ4n) is 3.93. The minimum absolute atomic E-state index is 0.188. The third-order valence-electron chi connectivity index (χ3n) is 5.96. The predicted octanol–water partition coefficient (Wildman–Crippen LogP) is 1.78. The number of nitrogens with one attached hydrogen (secondary N) is 1. The minimum atomic E-state index is -1.31. The van der Waals surface area contributed by atoms with Crippen molar-refractivity contribution in [3.63, 3.8) is 0 Å². The molecule has 1 saturated heterocycles. The number of amides is 1. The van der Waals surface area contributed by atoms with Gasteiger partial charge in [-0.3, -0.25) is 19.5 Å². The fraction of sp³-hybridized carbons (Fsp3) is 0.261. The van der Waals surface area contributed by atoms with E-state index >= 15 is 0 Å². The topological polar surface area (TPSA) is 146 Å². The molecule has 1 aliphatic rings. The van der Waals surface area contributed by atoms with E-state index in [9.17, 15) is 19.5 Å². The van der Waals surface area contributed by atoms with E-state index in [0.717, 1.165) is 5.69 Å². The summed E-state index contributed by atoms with van der Waals surface area (Å²) in [4.78, 5) is 58.4. The highest BCUT2D eigenvalue weighted by Gasteiger charge is 2.34. The zero-order valence-corrected chi connectivity index (χ0v) is 20.5. The summed E-state index contributed by atoms with van der Waals surface area (Å²) in [7, 11) is 3.76. The van der Waals surface area contributed by atoms with E-state index in [4.69, 9.17) is 0 Å². The van der Waals surface area contributed by atoms with Gasteiger partial charge in [0.2, 0.25) is 17.3 Å². The average molecular weight is 507 g/mol. The van der Waals surface area contributed by atoms with Crippen LogP contribution in [0.1, 0.15) is 15.9 Å². The number of anilines is 3. The van der Waals surface area contributed by atoms with Gasteiger partial charge in [-0.05, 0) is 18.6 Å². The monoisotopic (exact) mass is 506 g/mol. The van der Waals surface area contributed by atoms with E-state index in [1.165, 1.54) is 22.1 Å². The molecule has 5 rings (SSSR count). The van der Waals surface area contributed by atoms with Gasteiger partial charge in [-0.1, -0.05) is 0 Å². The van der Waals surface area contributed by atoms with Crippen LogP contribution in [0.5, 0.6) is 0 Å². The van der Waals surface area contributed by atoms with Crippen molar-refractivity contribution in [1.29, 1.82) is 0 Å². The maximum absolute atomic E-state index is 12.9. The quantitative estimate of drug-likeness (QED) is 0.397. The van der Waals surface area contributed by atoms with Gasteiger partial charge in [0.1, 0.15) is 11.4 Å². The summed E-state index contributed by atoms with van der Waals surface area (Å²) in [6, 6.07) is 1.73. The molecule has 36 heavy (non-hydrogen) atoms. The van der Waals surface area contributed by atoms with E-state index in [2.05, 4.69) is 25.3 Å². The van der Waals surface area contributed by atoms with E-state index in [1.54, 1.807) is 37.0 Å². The van der Waals surface area contributed by atoms with Crippen LogP contribution in [0.3, 0.4) is 0 Å². The van der Waals surface area contributed by atoms with Crippen molar-refractivity contribution < 1.29 is 14.7 Å². The van der Waals surface area contributed by atoms with Crippen molar-refractivity contribution in [3.8, 4) is 5.13 Å². The van der Waals surface area contributed by atoms with Crippen LogP contribution in [0.25, 0.3) is 16.2 Å². The Morgan fingerprint density at radius 3 is 2.53 bits per heavy atom. The number of nitrogens with zero attached hydrogens (tertiary/aromatic N) is 7. The van der Waals surface area contributed by atoms with Crippen molar-refractivity contribution in [2.45, 2.75) is 6.92 Å². The van der Waals surface area contributed by atoms with Crippen molar-refractivity contribution in [2.24, 2.45) is 5.92 Å². The molecule has 12 nitrogen and oxygen atoms in total. The van der Waals surface area contributed by atoms with Crippen LogP contribution in [0.15, 0.2) is 41.0 Å². The molecule has 1 aliphatic heterocycles. The number of hydrogen-bond acceptors (Lipinski definition) is 10. The number of aryl methyl sites for hydroxylation is 1.